The molecule has 0 bridgehead atoms. The van der Waals surface area contributed by atoms with Crippen molar-refractivity contribution in [3.05, 3.63) is 188 Å². The maximum absolute atomic E-state index is 5.29. The lowest BCUT2D eigenvalue weighted by Crippen LogP contribution is -2.01. The predicted molar refractivity (Wildman–Crippen MR) is 204 cm³/mol. The molecule has 3 heteroatoms. The van der Waals surface area contributed by atoms with Crippen molar-refractivity contribution in [2.75, 3.05) is 0 Å². The van der Waals surface area contributed by atoms with Crippen molar-refractivity contribution in [3.63, 3.8) is 0 Å². The molecule has 0 N–H and O–H groups in total. The third-order valence-electron chi connectivity index (χ3n) is 9.23. The molecule has 7 aromatic carbocycles. The van der Waals surface area contributed by atoms with Gasteiger partial charge < -0.3 is 4.57 Å². The SMILES string of the molecule is c1ccc(-c2cc(-c3cc(-c4ccccc4)c(-n4c5ccccc5c5ccccc54)cc3-c3ccccc3)nc(-c3ccccc3)n2)cc1. The Balaban J connectivity index is 1.40. The van der Waals surface area contributed by atoms with Crippen molar-refractivity contribution >= 4 is 21.8 Å². The molecule has 0 unspecified atom stereocenters. The van der Waals surface area contributed by atoms with Gasteiger partial charge in [0.2, 0.25) is 0 Å². The fourth-order valence-electron chi connectivity index (χ4n) is 6.93. The van der Waals surface area contributed by atoms with Gasteiger partial charge in [-0.05, 0) is 47.0 Å². The Labute approximate surface area is 285 Å². The minimum absolute atomic E-state index is 0.698. The Morgan fingerprint density at radius 1 is 0.327 bits per heavy atom. The Hall–Kier alpha value is -6.58. The van der Waals surface area contributed by atoms with Crippen LogP contribution in [0.4, 0.5) is 0 Å². The van der Waals surface area contributed by atoms with Gasteiger partial charge in [-0.15, -0.1) is 0 Å². The third kappa shape index (κ3) is 5.18. The molecule has 0 aliphatic rings. The van der Waals surface area contributed by atoms with Gasteiger partial charge in [-0.1, -0.05) is 158 Å². The minimum Gasteiger partial charge on any atom is -0.309 e. The largest absolute Gasteiger partial charge is 0.309 e. The zero-order valence-corrected chi connectivity index (χ0v) is 26.7. The predicted octanol–water partition coefficient (Wildman–Crippen LogP) is 11.9. The first-order valence-corrected chi connectivity index (χ1v) is 16.6. The van der Waals surface area contributed by atoms with E-state index in [9.17, 15) is 0 Å². The second-order valence-electron chi connectivity index (χ2n) is 12.2. The van der Waals surface area contributed by atoms with Gasteiger partial charge in [0.1, 0.15) is 0 Å². The van der Waals surface area contributed by atoms with E-state index in [0.29, 0.717) is 5.82 Å². The molecule has 0 aliphatic carbocycles. The third-order valence-corrected chi connectivity index (χ3v) is 9.23. The molecule has 230 valence electrons. The molecular weight excluding hydrogens is 595 g/mol. The fraction of sp³-hybridized carbons (Fsp3) is 0. The van der Waals surface area contributed by atoms with Crippen LogP contribution in [0.5, 0.6) is 0 Å². The molecule has 3 nitrogen and oxygen atoms in total. The van der Waals surface area contributed by atoms with E-state index >= 15 is 0 Å². The van der Waals surface area contributed by atoms with E-state index in [1.807, 2.05) is 24.3 Å². The zero-order valence-electron chi connectivity index (χ0n) is 26.7. The van der Waals surface area contributed by atoms with E-state index < -0.39 is 0 Å². The van der Waals surface area contributed by atoms with Crippen LogP contribution in [-0.2, 0) is 0 Å². The summed E-state index contributed by atoms with van der Waals surface area (Å²) in [5.41, 5.74) is 12.8. The summed E-state index contributed by atoms with van der Waals surface area (Å²) < 4.78 is 2.42. The molecule has 0 amide bonds. The normalized spacial score (nSPS) is 11.3. The molecular formula is C46H31N3. The molecule has 0 spiro atoms. The average Bonchev–Trinajstić information content (AvgIpc) is 3.53. The highest BCUT2D eigenvalue weighted by atomic mass is 15.0. The van der Waals surface area contributed by atoms with Gasteiger partial charge in [-0.25, -0.2) is 9.97 Å². The van der Waals surface area contributed by atoms with E-state index in [1.165, 1.54) is 21.8 Å². The van der Waals surface area contributed by atoms with Gasteiger partial charge in [0, 0.05) is 33.0 Å². The number of hydrogen-bond donors (Lipinski definition) is 0. The summed E-state index contributed by atoms with van der Waals surface area (Å²) in [5, 5.41) is 2.47. The number of benzene rings is 7. The van der Waals surface area contributed by atoms with Crippen LogP contribution in [0.15, 0.2) is 188 Å². The van der Waals surface area contributed by atoms with Crippen molar-refractivity contribution in [3.8, 4) is 61.8 Å². The van der Waals surface area contributed by atoms with E-state index in [0.717, 1.165) is 56.0 Å². The Kier molecular flexibility index (Phi) is 7.14. The first kappa shape index (κ1) is 28.6. The summed E-state index contributed by atoms with van der Waals surface area (Å²) in [6.45, 7) is 0. The lowest BCUT2D eigenvalue weighted by Gasteiger charge is -2.20. The van der Waals surface area contributed by atoms with E-state index in [4.69, 9.17) is 9.97 Å². The molecule has 9 aromatic rings. The van der Waals surface area contributed by atoms with Crippen molar-refractivity contribution in [1.82, 2.24) is 14.5 Å². The number of hydrogen-bond acceptors (Lipinski definition) is 2. The van der Waals surface area contributed by atoms with Crippen LogP contribution in [-0.4, -0.2) is 14.5 Å². The summed E-state index contributed by atoms with van der Waals surface area (Å²) in [6, 6.07) is 66.2. The molecule has 2 aromatic heterocycles. The molecule has 0 saturated carbocycles. The van der Waals surface area contributed by atoms with E-state index in [2.05, 4.69) is 168 Å². The van der Waals surface area contributed by atoms with Crippen LogP contribution in [0.3, 0.4) is 0 Å². The smallest absolute Gasteiger partial charge is 0.160 e. The van der Waals surface area contributed by atoms with Crippen LogP contribution >= 0.6 is 0 Å². The number of nitrogens with zero attached hydrogens (tertiary/aromatic N) is 3. The second-order valence-corrected chi connectivity index (χ2v) is 12.2. The molecule has 2 heterocycles. The van der Waals surface area contributed by atoms with Gasteiger partial charge in [-0.3, -0.25) is 0 Å². The molecule has 0 radical (unpaired) electrons. The Morgan fingerprint density at radius 3 is 1.35 bits per heavy atom. The topological polar surface area (TPSA) is 30.7 Å². The highest BCUT2D eigenvalue weighted by Gasteiger charge is 2.21. The quantitative estimate of drug-likeness (QED) is 0.184. The summed E-state index contributed by atoms with van der Waals surface area (Å²) in [4.78, 5) is 10.4. The number of aromatic nitrogens is 3. The minimum atomic E-state index is 0.698. The van der Waals surface area contributed by atoms with Gasteiger partial charge in [-0.2, -0.15) is 0 Å². The lowest BCUT2D eigenvalue weighted by atomic mass is 9.91. The first-order valence-electron chi connectivity index (χ1n) is 16.6. The van der Waals surface area contributed by atoms with Gasteiger partial charge in [0.25, 0.3) is 0 Å². The van der Waals surface area contributed by atoms with Crippen LogP contribution in [0.1, 0.15) is 0 Å². The van der Waals surface area contributed by atoms with Crippen LogP contribution < -0.4 is 0 Å². The number of para-hydroxylation sites is 2. The molecule has 0 saturated heterocycles. The number of rotatable bonds is 6. The molecule has 0 fully saturated rings. The fourth-order valence-corrected chi connectivity index (χ4v) is 6.93. The van der Waals surface area contributed by atoms with Crippen LogP contribution in [0.25, 0.3) is 83.6 Å². The van der Waals surface area contributed by atoms with E-state index in [1.54, 1.807) is 0 Å². The molecule has 0 aliphatic heterocycles. The maximum Gasteiger partial charge on any atom is 0.160 e. The standard InChI is InChI=1S/C46H31N3/c1-5-17-32(18-6-1)38-30-45(49-43-27-15-13-25-36(43)37-26-14-16-28-44(37)49)39(33-19-7-2-8-20-33)29-40(38)42-31-41(34-21-9-3-10-22-34)47-46(48-42)35-23-11-4-12-24-35/h1-31H. The summed E-state index contributed by atoms with van der Waals surface area (Å²) in [6.07, 6.45) is 0. The first-order chi connectivity index (χ1) is 24.3. The highest BCUT2D eigenvalue weighted by molar-refractivity contribution is 6.10. The molecule has 0 atom stereocenters. The maximum atomic E-state index is 5.29. The van der Waals surface area contributed by atoms with Crippen molar-refractivity contribution in [2.24, 2.45) is 0 Å². The van der Waals surface area contributed by atoms with E-state index in [-0.39, 0.29) is 0 Å². The molecule has 9 rings (SSSR count). The van der Waals surface area contributed by atoms with Crippen LogP contribution in [0.2, 0.25) is 0 Å². The highest BCUT2D eigenvalue weighted by Crippen LogP contribution is 2.43. The summed E-state index contributed by atoms with van der Waals surface area (Å²) in [5.74, 6) is 0.698. The zero-order chi connectivity index (χ0) is 32.6. The Bertz CT molecular complexity index is 2460. The van der Waals surface area contributed by atoms with Crippen molar-refractivity contribution < 1.29 is 0 Å². The number of fused-ring (bicyclic) bond motifs is 3. The van der Waals surface area contributed by atoms with Crippen molar-refractivity contribution in [1.29, 1.82) is 0 Å². The van der Waals surface area contributed by atoms with Crippen LogP contribution in [0, 0.1) is 0 Å². The molecule has 49 heavy (non-hydrogen) atoms. The van der Waals surface area contributed by atoms with Gasteiger partial charge in [0.05, 0.1) is 28.1 Å². The summed E-state index contributed by atoms with van der Waals surface area (Å²) >= 11 is 0. The van der Waals surface area contributed by atoms with Gasteiger partial charge >= 0.3 is 0 Å². The average molecular weight is 626 g/mol. The summed E-state index contributed by atoms with van der Waals surface area (Å²) in [7, 11) is 0. The Morgan fingerprint density at radius 2 is 0.776 bits per heavy atom. The monoisotopic (exact) mass is 625 g/mol. The second kappa shape index (κ2) is 12.2. The van der Waals surface area contributed by atoms with Crippen molar-refractivity contribution in [2.45, 2.75) is 0 Å². The van der Waals surface area contributed by atoms with Gasteiger partial charge in [0.15, 0.2) is 5.82 Å². The lowest BCUT2D eigenvalue weighted by molar-refractivity contribution is 1.17.